The molecule has 1 aromatic carbocycles. The molecular weight excluding hydrogens is 356 g/mol. The van der Waals surface area contributed by atoms with Crippen LogP contribution in [0, 0.1) is 0 Å². The summed E-state index contributed by atoms with van der Waals surface area (Å²) >= 11 is 0. The first kappa shape index (κ1) is 19.1. The molecule has 0 amide bonds. The fourth-order valence-corrected chi connectivity index (χ4v) is 4.95. The summed E-state index contributed by atoms with van der Waals surface area (Å²) in [5, 5.41) is 9.57. The second kappa shape index (κ2) is 8.37. The highest BCUT2D eigenvalue weighted by Gasteiger charge is 2.25. The van der Waals surface area contributed by atoms with E-state index in [0.717, 1.165) is 38.5 Å². The monoisotopic (exact) mass is 382 g/mol. The molecule has 2 aliphatic rings. The molecule has 0 radical (unpaired) electrons. The van der Waals surface area contributed by atoms with Crippen LogP contribution in [0.3, 0.4) is 0 Å². The van der Waals surface area contributed by atoms with Gasteiger partial charge in [-0.25, -0.2) is 17.9 Å². The number of carboxylic acid groups (broad SMARTS) is 1. The Balaban J connectivity index is 1.84. The molecule has 1 saturated heterocycles. The number of carboxylic acids is 1. The van der Waals surface area contributed by atoms with Crippen LogP contribution >= 0.6 is 0 Å². The molecule has 1 heterocycles. The quantitative estimate of drug-likeness (QED) is 0.758. The van der Waals surface area contributed by atoms with Crippen molar-refractivity contribution in [1.29, 1.82) is 0 Å². The average Bonchev–Trinajstić information content (AvgIpc) is 2.90. The van der Waals surface area contributed by atoms with Crippen molar-refractivity contribution in [2.75, 3.05) is 31.2 Å². The molecule has 26 heavy (non-hydrogen) atoms. The van der Waals surface area contributed by atoms with Crippen molar-refractivity contribution in [2.24, 2.45) is 0 Å². The van der Waals surface area contributed by atoms with E-state index in [-0.39, 0.29) is 16.5 Å². The largest absolute Gasteiger partial charge is 0.478 e. The first-order valence-electron chi connectivity index (χ1n) is 9.20. The highest BCUT2D eigenvalue weighted by molar-refractivity contribution is 7.89. The van der Waals surface area contributed by atoms with Gasteiger partial charge in [0.25, 0.3) is 0 Å². The normalized spacial score (nSPS) is 19.9. The zero-order valence-electron chi connectivity index (χ0n) is 14.8. The number of hydrogen-bond acceptors (Lipinski definition) is 5. The van der Waals surface area contributed by atoms with Crippen LogP contribution in [-0.2, 0) is 14.8 Å². The van der Waals surface area contributed by atoms with E-state index >= 15 is 0 Å². The number of sulfonamides is 1. The van der Waals surface area contributed by atoms with Crippen molar-refractivity contribution in [2.45, 2.75) is 49.5 Å². The van der Waals surface area contributed by atoms with Crippen LogP contribution in [0.1, 0.15) is 48.9 Å². The Kier molecular flexibility index (Phi) is 6.16. The fraction of sp³-hybridized carbons (Fsp3) is 0.611. The molecular formula is C18H26N2O5S. The number of nitrogens with one attached hydrogen (secondary N) is 1. The van der Waals surface area contributed by atoms with Gasteiger partial charge in [0, 0.05) is 19.1 Å². The van der Waals surface area contributed by atoms with Crippen LogP contribution < -0.4 is 9.62 Å². The van der Waals surface area contributed by atoms with Crippen LogP contribution in [0.25, 0.3) is 0 Å². The smallest absolute Gasteiger partial charge is 0.337 e. The minimum Gasteiger partial charge on any atom is -0.478 e. The van der Waals surface area contributed by atoms with Crippen molar-refractivity contribution < 1.29 is 23.1 Å². The van der Waals surface area contributed by atoms with E-state index in [1.165, 1.54) is 12.1 Å². The fourth-order valence-electron chi connectivity index (χ4n) is 3.62. The zero-order chi connectivity index (χ0) is 18.6. The van der Waals surface area contributed by atoms with Gasteiger partial charge in [0.15, 0.2) is 0 Å². The van der Waals surface area contributed by atoms with E-state index in [9.17, 15) is 18.3 Å². The van der Waals surface area contributed by atoms with Gasteiger partial charge in [-0.15, -0.1) is 0 Å². The van der Waals surface area contributed by atoms with Crippen molar-refractivity contribution >= 4 is 21.7 Å². The van der Waals surface area contributed by atoms with E-state index in [1.54, 1.807) is 6.07 Å². The third-order valence-electron chi connectivity index (χ3n) is 5.04. The summed E-state index contributed by atoms with van der Waals surface area (Å²) in [5.41, 5.74) is 0.546. The lowest BCUT2D eigenvalue weighted by Gasteiger charge is -2.30. The Morgan fingerprint density at radius 3 is 2.38 bits per heavy atom. The Bertz CT molecular complexity index is 736. The Morgan fingerprint density at radius 2 is 1.77 bits per heavy atom. The Hall–Kier alpha value is -1.64. The van der Waals surface area contributed by atoms with Crippen LogP contribution in [0.2, 0.25) is 0 Å². The standard InChI is InChI=1S/C18H26N2O5S/c21-18(22)16-13-15(7-8-17(16)20-9-11-25-12-10-20)26(23,24)19-14-5-3-1-2-4-6-14/h7-8,13-14,19H,1-6,9-12H2,(H,21,22). The van der Waals surface area contributed by atoms with E-state index in [4.69, 9.17) is 4.74 Å². The number of rotatable bonds is 5. The molecule has 1 aromatic rings. The minimum absolute atomic E-state index is 0.00985. The molecule has 2 N–H and O–H groups in total. The number of hydrogen-bond donors (Lipinski definition) is 2. The van der Waals surface area contributed by atoms with Crippen LogP contribution in [0.5, 0.6) is 0 Å². The summed E-state index contributed by atoms with van der Waals surface area (Å²) in [6, 6.07) is 4.29. The number of nitrogens with zero attached hydrogens (tertiary/aromatic N) is 1. The number of anilines is 1. The minimum atomic E-state index is -3.74. The van der Waals surface area contributed by atoms with Gasteiger partial charge in [0.2, 0.25) is 10.0 Å². The highest BCUT2D eigenvalue weighted by atomic mass is 32.2. The molecule has 8 heteroatoms. The predicted octanol–water partition coefficient (Wildman–Crippen LogP) is 2.22. The molecule has 144 valence electrons. The summed E-state index contributed by atoms with van der Waals surface area (Å²) in [6.45, 7) is 2.24. The van der Waals surface area contributed by atoms with Gasteiger partial charge in [-0.2, -0.15) is 0 Å². The highest BCUT2D eigenvalue weighted by Crippen LogP contribution is 2.26. The first-order chi connectivity index (χ1) is 12.5. The number of aromatic carboxylic acids is 1. The molecule has 1 aliphatic carbocycles. The maximum absolute atomic E-state index is 12.7. The molecule has 0 aromatic heterocycles. The molecule has 0 unspecified atom stereocenters. The molecule has 7 nitrogen and oxygen atoms in total. The molecule has 0 bridgehead atoms. The van der Waals surface area contributed by atoms with Gasteiger partial charge in [0.05, 0.1) is 29.4 Å². The molecule has 1 saturated carbocycles. The third-order valence-corrected chi connectivity index (χ3v) is 6.56. The Morgan fingerprint density at radius 1 is 1.12 bits per heavy atom. The Labute approximate surface area is 154 Å². The van der Waals surface area contributed by atoms with Gasteiger partial charge >= 0.3 is 5.97 Å². The SMILES string of the molecule is O=C(O)c1cc(S(=O)(=O)NC2CCCCCC2)ccc1N1CCOCC1. The van der Waals surface area contributed by atoms with Gasteiger partial charge in [-0.1, -0.05) is 25.7 Å². The van der Waals surface area contributed by atoms with Crippen molar-refractivity contribution in [1.82, 2.24) is 4.72 Å². The van der Waals surface area contributed by atoms with Crippen molar-refractivity contribution in [3.8, 4) is 0 Å². The first-order valence-corrected chi connectivity index (χ1v) is 10.7. The van der Waals surface area contributed by atoms with Crippen LogP contribution in [-0.4, -0.2) is 51.8 Å². The van der Waals surface area contributed by atoms with Gasteiger partial charge in [-0.05, 0) is 31.0 Å². The lowest BCUT2D eigenvalue weighted by molar-refractivity contribution is 0.0696. The van der Waals surface area contributed by atoms with Gasteiger partial charge < -0.3 is 14.7 Å². The summed E-state index contributed by atoms with van der Waals surface area (Å²) in [7, 11) is -3.74. The van der Waals surface area contributed by atoms with E-state index in [0.29, 0.717) is 32.0 Å². The number of ether oxygens (including phenoxy) is 1. The van der Waals surface area contributed by atoms with Gasteiger partial charge in [0.1, 0.15) is 0 Å². The van der Waals surface area contributed by atoms with Gasteiger partial charge in [-0.3, -0.25) is 0 Å². The third kappa shape index (κ3) is 4.55. The molecule has 1 aliphatic heterocycles. The van der Waals surface area contributed by atoms with Crippen molar-refractivity contribution in [3.05, 3.63) is 23.8 Å². The lowest BCUT2D eigenvalue weighted by Crippen LogP contribution is -2.37. The maximum atomic E-state index is 12.7. The number of carbonyl (C=O) groups is 1. The summed E-state index contributed by atoms with van der Waals surface area (Å²) < 4.78 is 33.5. The molecule has 2 fully saturated rings. The number of benzene rings is 1. The molecule has 0 atom stereocenters. The maximum Gasteiger partial charge on any atom is 0.337 e. The summed E-state index contributed by atoms with van der Waals surface area (Å²) in [5.74, 6) is -1.13. The average molecular weight is 382 g/mol. The van der Waals surface area contributed by atoms with Crippen LogP contribution in [0.15, 0.2) is 23.1 Å². The number of morpholine rings is 1. The van der Waals surface area contributed by atoms with E-state index in [1.807, 2.05) is 4.90 Å². The van der Waals surface area contributed by atoms with E-state index in [2.05, 4.69) is 4.72 Å². The summed E-state index contributed by atoms with van der Waals surface area (Å²) in [6.07, 6.45) is 5.96. The lowest BCUT2D eigenvalue weighted by atomic mass is 10.1. The second-order valence-corrected chi connectivity index (χ2v) is 8.61. The van der Waals surface area contributed by atoms with Crippen LogP contribution in [0.4, 0.5) is 5.69 Å². The topological polar surface area (TPSA) is 95.9 Å². The van der Waals surface area contributed by atoms with E-state index < -0.39 is 16.0 Å². The second-order valence-electron chi connectivity index (χ2n) is 6.89. The summed E-state index contributed by atoms with van der Waals surface area (Å²) in [4.78, 5) is 13.6. The zero-order valence-corrected chi connectivity index (χ0v) is 15.6. The molecule has 0 spiro atoms. The predicted molar refractivity (Wildman–Crippen MR) is 98.2 cm³/mol. The van der Waals surface area contributed by atoms with Crippen molar-refractivity contribution in [3.63, 3.8) is 0 Å². The molecule has 3 rings (SSSR count).